The van der Waals surface area contributed by atoms with E-state index in [1.54, 1.807) is 27.0 Å². The van der Waals surface area contributed by atoms with Gasteiger partial charge in [-0.1, -0.05) is 6.07 Å². The molecular weight excluding hydrogens is 358 g/mol. The van der Waals surface area contributed by atoms with Crippen LogP contribution in [0.3, 0.4) is 0 Å². The first-order valence-electron chi connectivity index (χ1n) is 8.74. The maximum atomic E-state index is 12.8. The van der Waals surface area contributed by atoms with E-state index in [2.05, 4.69) is 10.3 Å². The van der Waals surface area contributed by atoms with Crippen LogP contribution < -0.4 is 10.9 Å². The monoisotopic (exact) mass is 379 g/mol. The summed E-state index contributed by atoms with van der Waals surface area (Å²) in [4.78, 5) is 41.2. The van der Waals surface area contributed by atoms with Gasteiger partial charge in [0.1, 0.15) is 0 Å². The molecule has 0 aliphatic carbocycles. The van der Waals surface area contributed by atoms with E-state index in [9.17, 15) is 19.5 Å². The summed E-state index contributed by atoms with van der Waals surface area (Å²) in [6.45, 7) is 7.25. The van der Waals surface area contributed by atoms with E-state index in [0.29, 0.717) is 27.8 Å². The number of fused-ring (bicyclic) bond motifs is 1. The predicted molar refractivity (Wildman–Crippen MR) is 107 cm³/mol. The largest absolute Gasteiger partial charge is 0.478 e. The molecule has 1 heterocycles. The van der Waals surface area contributed by atoms with E-state index in [4.69, 9.17) is 0 Å². The van der Waals surface area contributed by atoms with Gasteiger partial charge in [-0.3, -0.25) is 9.59 Å². The lowest BCUT2D eigenvalue weighted by Crippen LogP contribution is -2.30. The third kappa shape index (κ3) is 3.15. The first kappa shape index (κ1) is 19.3. The molecule has 7 nitrogen and oxygen atoms in total. The van der Waals surface area contributed by atoms with Crippen molar-refractivity contribution in [3.05, 3.63) is 68.1 Å². The van der Waals surface area contributed by atoms with E-state index in [-0.39, 0.29) is 11.3 Å². The molecule has 0 saturated carbocycles. The summed E-state index contributed by atoms with van der Waals surface area (Å²) >= 11 is 0. The number of nitrogens with zero attached hydrogens (tertiary/aromatic N) is 2. The Hall–Kier alpha value is -3.48. The topological polar surface area (TPSA) is 101 Å². The quantitative estimate of drug-likeness (QED) is 0.728. The second-order valence-corrected chi connectivity index (χ2v) is 6.94. The molecule has 0 bridgehead atoms. The van der Waals surface area contributed by atoms with Crippen LogP contribution >= 0.6 is 0 Å². The third-order valence-corrected chi connectivity index (χ3v) is 5.05. The van der Waals surface area contributed by atoms with Crippen molar-refractivity contribution in [3.8, 4) is 0 Å². The summed E-state index contributed by atoms with van der Waals surface area (Å²) in [5.74, 6) is -1.76. The summed E-state index contributed by atoms with van der Waals surface area (Å²) in [5.41, 5.74) is 4.04. The molecule has 3 rings (SSSR count). The van der Waals surface area contributed by atoms with Gasteiger partial charge >= 0.3 is 5.97 Å². The van der Waals surface area contributed by atoms with Crippen LogP contribution in [-0.4, -0.2) is 26.5 Å². The Morgan fingerprint density at radius 2 is 1.68 bits per heavy atom. The zero-order valence-corrected chi connectivity index (χ0v) is 16.4. The molecule has 0 aliphatic heterocycles. The lowest BCUT2D eigenvalue weighted by Gasteiger charge is -2.14. The zero-order valence-electron chi connectivity index (χ0n) is 16.4. The minimum atomic E-state index is -1.08. The summed E-state index contributed by atoms with van der Waals surface area (Å²) in [6.07, 6.45) is 0. The van der Waals surface area contributed by atoms with Gasteiger partial charge in [-0.25, -0.2) is 9.78 Å². The number of hydrogen-bond donors (Lipinski definition) is 2. The smallest absolute Gasteiger partial charge is 0.336 e. The highest BCUT2D eigenvalue weighted by atomic mass is 16.4. The number of aromatic carboxylic acids is 1. The van der Waals surface area contributed by atoms with Crippen molar-refractivity contribution in [2.75, 3.05) is 5.32 Å². The predicted octanol–water partition coefficient (Wildman–Crippen LogP) is 3.12. The van der Waals surface area contributed by atoms with Crippen LogP contribution in [0.4, 0.5) is 5.69 Å². The average Bonchev–Trinajstić information content (AvgIpc) is 2.63. The van der Waals surface area contributed by atoms with Gasteiger partial charge in [-0.15, -0.1) is 0 Å². The first-order valence-corrected chi connectivity index (χ1v) is 8.74. The molecule has 0 atom stereocenters. The van der Waals surface area contributed by atoms with Gasteiger partial charge in [0.15, 0.2) is 5.69 Å². The van der Waals surface area contributed by atoms with Crippen molar-refractivity contribution in [3.63, 3.8) is 0 Å². The number of benzene rings is 2. The highest BCUT2D eigenvalue weighted by Crippen LogP contribution is 2.24. The third-order valence-electron chi connectivity index (χ3n) is 5.05. The van der Waals surface area contributed by atoms with Crippen LogP contribution in [0.1, 0.15) is 43.1 Å². The molecule has 0 saturated heterocycles. The number of amides is 1. The molecule has 0 aliphatic rings. The van der Waals surface area contributed by atoms with Gasteiger partial charge in [-0.05, 0) is 68.1 Å². The second-order valence-electron chi connectivity index (χ2n) is 6.94. The number of aromatic nitrogens is 2. The minimum absolute atomic E-state index is 0.0892. The molecule has 7 heteroatoms. The van der Waals surface area contributed by atoms with Crippen molar-refractivity contribution < 1.29 is 14.7 Å². The summed E-state index contributed by atoms with van der Waals surface area (Å²) in [7, 11) is 1.60. The molecule has 2 aromatic carbocycles. The molecule has 0 radical (unpaired) electrons. The van der Waals surface area contributed by atoms with Gasteiger partial charge in [0.05, 0.1) is 16.6 Å². The van der Waals surface area contributed by atoms with Crippen LogP contribution in [0.25, 0.3) is 11.0 Å². The summed E-state index contributed by atoms with van der Waals surface area (Å²) in [6, 6.07) is 6.80. The Morgan fingerprint density at radius 1 is 1.04 bits per heavy atom. The Balaban J connectivity index is 2.12. The highest BCUT2D eigenvalue weighted by molar-refractivity contribution is 6.05. The van der Waals surface area contributed by atoms with E-state index in [0.717, 1.165) is 11.1 Å². The number of aryl methyl sites for hydroxylation is 4. The number of carbonyl (C=O) groups excluding carboxylic acids is 1. The normalized spacial score (nSPS) is 10.9. The van der Waals surface area contributed by atoms with E-state index < -0.39 is 17.4 Å². The molecule has 1 aromatic heterocycles. The molecule has 0 fully saturated rings. The van der Waals surface area contributed by atoms with E-state index in [1.165, 1.54) is 10.6 Å². The fourth-order valence-corrected chi connectivity index (χ4v) is 3.17. The second kappa shape index (κ2) is 6.92. The molecule has 0 unspecified atom stereocenters. The van der Waals surface area contributed by atoms with Gasteiger partial charge in [0.2, 0.25) is 0 Å². The molecule has 3 aromatic rings. The lowest BCUT2D eigenvalue weighted by molar-refractivity contribution is 0.0695. The minimum Gasteiger partial charge on any atom is -0.478 e. The van der Waals surface area contributed by atoms with Gasteiger partial charge in [0, 0.05) is 12.7 Å². The van der Waals surface area contributed by atoms with Crippen molar-refractivity contribution in [1.29, 1.82) is 0 Å². The van der Waals surface area contributed by atoms with Crippen LogP contribution in [-0.2, 0) is 7.05 Å². The molecule has 0 spiro atoms. The number of nitrogens with one attached hydrogen (secondary N) is 1. The number of carbonyl (C=O) groups is 2. The van der Waals surface area contributed by atoms with Crippen LogP contribution in [0.2, 0.25) is 0 Å². The standard InChI is InChI=1S/C21H21N3O4/c1-10-6-7-14(21(27)28)13(4)17(10)23-19(25)18-20(26)24(5)16-9-12(3)11(2)8-15(16)22-18/h6-9H,1-5H3,(H,23,25)(H,27,28). The maximum absolute atomic E-state index is 12.8. The van der Waals surface area contributed by atoms with Gasteiger partial charge in [0.25, 0.3) is 11.5 Å². The van der Waals surface area contributed by atoms with Crippen molar-refractivity contribution in [2.45, 2.75) is 27.7 Å². The van der Waals surface area contributed by atoms with Gasteiger partial charge < -0.3 is 15.0 Å². The molecule has 28 heavy (non-hydrogen) atoms. The Morgan fingerprint density at radius 3 is 2.32 bits per heavy atom. The van der Waals surface area contributed by atoms with Crippen molar-refractivity contribution in [1.82, 2.24) is 9.55 Å². The molecule has 1 amide bonds. The van der Waals surface area contributed by atoms with E-state index in [1.807, 2.05) is 26.0 Å². The van der Waals surface area contributed by atoms with Crippen LogP contribution in [0.15, 0.2) is 29.1 Å². The zero-order chi connectivity index (χ0) is 20.7. The fourth-order valence-electron chi connectivity index (χ4n) is 3.17. The Kier molecular flexibility index (Phi) is 4.77. The highest BCUT2D eigenvalue weighted by Gasteiger charge is 2.20. The fraction of sp³-hybridized carbons (Fsp3) is 0.238. The number of hydrogen-bond acceptors (Lipinski definition) is 4. The van der Waals surface area contributed by atoms with E-state index >= 15 is 0 Å². The SMILES string of the molecule is Cc1cc2nc(C(=O)Nc3c(C)ccc(C(=O)O)c3C)c(=O)n(C)c2cc1C. The van der Waals surface area contributed by atoms with Gasteiger partial charge in [-0.2, -0.15) is 0 Å². The van der Waals surface area contributed by atoms with Crippen LogP contribution in [0, 0.1) is 27.7 Å². The maximum Gasteiger partial charge on any atom is 0.336 e. The number of carboxylic acid groups (broad SMARTS) is 1. The molecular formula is C21H21N3O4. The Bertz CT molecular complexity index is 1210. The number of rotatable bonds is 3. The van der Waals surface area contributed by atoms with Crippen molar-refractivity contribution >= 4 is 28.6 Å². The Labute approximate surface area is 161 Å². The summed E-state index contributed by atoms with van der Waals surface area (Å²) in [5, 5.41) is 12.0. The average molecular weight is 379 g/mol. The first-order chi connectivity index (χ1) is 13.1. The van der Waals surface area contributed by atoms with Crippen molar-refractivity contribution in [2.24, 2.45) is 7.05 Å². The lowest BCUT2D eigenvalue weighted by atomic mass is 10.0. The number of anilines is 1. The summed E-state index contributed by atoms with van der Waals surface area (Å²) < 4.78 is 1.40. The van der Waals surface area contributed by atoms with Crippen LogP contribution in [0.5, 0.6) is 0 Å². The molecule has 144 valence electrons. The molecule has 2 N–H and O–H groups in total. The number of carboxylic acids is 1.